The number of hydrogen-bond acceptors (Lipinski definition) is 4. The fourth-order valence-corrected chi connectivity index (χ4v) is 2.33. The number of hydrogen-bond donors (Lipinski definition) is 1. The van der Waals surface area contributed by atoms with Crippen LogP contribution < -0.4 is 4.90 Å². The summed E-state index contributed by atoms with van der Waals surface area (Å²) in [6.45, 7) is 1.94. The monoisotopic (exact) mass is 276 g/mol. The third kappa shape index (κ3) is 2.79. The van der Waals surface area contributed by atoms with E-state index in [0.29, 0.717) is 0 Å². The van der Waals surface area contributed by atoms with Gasteiger partial charge in [0.15, 0.2) is 10.7 Å². The van der Waals surface area contributed by atoms with Crippen molar-refractivity contribution in [1.29, 1.82) is 0 Å². The normalized spacial score (nSPS) is 10.2. The Kier molecular flexibility index (Phi) is 3.62. The standard InChI is InChI=1S/C13H12N2O3S/c1-8-4-3-5-9(6-8)15(2)12(16)11-14-10(7-19-11)13(17)18/h3-7H,1-2H3,(H,17,18). The number of nitrogens with zero attached hydrogens (tertiary/aromatic N) is 2. The van der Waals surface area contributed by atoms with Gasteiger partial charge in [0.25, 0.3) is 5.91 Å². The van der Waals surface area contributed by atoms with Crippen molar-refractivity contribution in [2.24, 2.45) is 0 Å². The fourth-order valence-electron chi connectivity index (χ4n) is 1.57. The summed E-state index contributed by atoms with van der Waals surface area (Å²) in [7, 11) is 1.64. The number of thiazole rings is 1. The molecule has 0 aliphatic rings. The molecule has 0 aliphatic heterocycles. The first-order chi connectivity index (χ1) is 8.99. The molecule has 0 atom stereocenters. The second-order valence-electron chi connectivity index (χ2n) is 4.05. The summed E-state index contributed by atoms with van der Waals surface area (Å²) >= 11 is 1.03. The Bertz CT molecular complexity index is 636. The van der Waals surface area contributed by atoms with Gasteiger partial charge in [-0.05, 0) is 24.6 Å². The number of rotatable bonds is 3. The van der Waals surface area contributed by atoms with Crippen LogP contribution in [0, 0.1) is 6.92 Å². The average Bonchev–Trinajstić information content (AvgIpc) is 2.86. The van der Waals surface area contributed by atoms with Gasteiger partial charge in [-0.1, -0.05) is 12.1 Å². The molecule has 98 valence electrons. The molecule has 0 unspecified atom stereocenters. The molecule has 5 nitrogen and oxygen atoms in total. The van der Waals surface area contributed by atoms with Crippen molar-refractivity contribution >= 4 is 28.9 Å². The number of benzene rings is 1. The Morgan fingerprint density at radius 1 is 1.37 bits per heavy atom. The summed E-state index contributed by atoms with van der Waals surface area (Å²) in [6.07, 6.45) is 0. The van der Waals surface area contributed by atoms with Gasteiger partial charge in [-0.15, -0.1) is 11.3 Å². The molecule has 1 heterocycles. The summed E-state index contributed by atoms with van der Waals surface area (Å²) in [5.41, 5.74) is 1.69. The first-order valence-corrected chi connectivity index (χ1v) is 6.40. The van der Waals surface area contributed by atoms with Crippen LogP contribution in [0.3, 0.4) is 0 Å². The predicted octanol–water partition coefficient (Wildman–Crippen LogP) is 2.43. The van der Waals surface area contributed by atoms with E-state index < -0.39 is 5.97 Å². The van der Waals surface area contributed by atoms with E-state index >= 15 is 0 Å². The van der Waals surface area contributed by atoms with Crippen LogP contribution in [0.15, 0.2) is 29.6 Å². The number of aromatic carboxylic acids is 1. The minimum atomic E-state index is -1.13. The molecular weight excluding hydrogens is 264 g/mol. The first kappa shape index (κ1) is 13.2. The maximum atomic E-state index is 12.2. The summed E-state index contributed by atoms with van der Waals surface area (Å²) < 4.78 is 0. The number of carbonyl (C=O) groups is 2. The van der Waals surface area contributed by atoms with Gasteiger partial charge in [-0.25, -0.2) is 9.78 Å². The maximum absolute atomic E-state index is 12.2. The molecule has 1 aromatic heterocycles. The van der Waals surface area contributed by atoms with Gasteiger partial charge in [0, 0.05) is 18.1 Å². The van der Waals surface area contributed by atoms with Crippen molar-refractivity contribution in [3.05, 3.63) is 45.9 Å². The molecule has 6 heteroatoms. The van der Waals surface area contributed by atoms with E-state index in [-0.39, 0.29) is 16.6 Å². The average molecular weight is 276 g/mol. The lowest BCUT2D eigenvalue weighted by atomic mass is 10.2. The molecule has 0 aliphatic carbocycles. The van der Waals surface area contributed by atoms with E-state index in [2.05, 4.69) is 4.98 Å². The third-order valence-corrected chi connectivity index (χ3v) is 3.43. The molecule has 1 aromatic carbocycles. The van der Waals surface area contributed by atoms with Crippen LogP contribution in [-0.4, -0.2) is 29.0 Å². The Hall–Kier alpha value is -2.21. The molecule has 2 aromatic rings. The quantitative estimate of drug-likeness (QED) is 0.934. The van der Waals surface area contributed by atoms with Crippen LogP contribution >= 0.6 is 11.3 Å². The van der Waals surface area contributed by atoms with Crippen molar-refractivity contribution < 1.29 is 14.7 Å². The minimum Gasteiger partial charge on any atom is -0.476 e. The Morgan fingerprint density at radius 3 is 2.68 bits per heavy atom. The van der Waals surface area contributed by atoms with Gasteiger partial charge in [0.05, 0.1) is 0 Å². The Morgan fingerprint density at radius 2 is 2.11 bits per heavy atom. The minimum absolute atomic E-state index is 0.106. The topological polar surface area (TPSA) is 70.5 Å². The molecule has 0 saturated heterocycles. The number of carboxylic acid groups (broad SMARTS) is 1. The van der Waals surface area contributed by atoms with E-state index in [1.807, 2.05) is 31.2 Å². The van der Waals surface area contributed by atoms with Gasteiger partial charge in [0.1, 0.15) is 0 Å². The lowest BCUT2D eigenvalue weighted by molar-refractivity contribution is 0.0691. The molecule has 1 amide bonds. The zero-order chi connectivity index (χ0) is 14.0. The van der Waals surface area contributed by atoms with Crippen LogP contribution in [0.5, 0.6) is 0 Å². The maximum Gasteiger partial charge on any atom is 0.355 e. The summed E-state index contributed by atoms with van der Waals surface area (Å²) in [5, 5.41) is 10.3. The Labute approximate surface area is 114 Å². The number of carbonyl (C=O) groups excluding carboxylic acids is 1. The highest BCUT2D eigenvalue weighted by atomic mass is 32.1. The first-order valence-electron chi connectivity index (χ1n) is 5.52. The SMILES string of the molecule is Cc1cccc(N(C)C(=O)c2nc(C(=O)O)cs2)c1. The molecule has 1 N–H and O–H groups in total. The van der Waals surface area contributed by atoms with E-state index in [1.54, 1.807) is 7.05 Å². The number of amides is 1. The molecule has 0 fully saturated rings. The summed E-state index contributed by atoms with van der Waals surface area (Å²) in [5.74, 6) is -1.45. The van der Waals surface area contributed by atoms with Crippen molar-refractivity contribution in [3.8, 4) is 0 Å². The second kappa shape index (κ2) is 5.19. The van der Waals surface area contributed by atoms with Crippen molar-refractivity contribution in [3.63, 3.8) is 0 Å². The van der Waals surface area contributed by atoms with Gasteiger partial charge in [-0.3, -0.25) is 4.79 Å². The van der Waals surface area contributed by atoms with E-state index in [0.717, 1.165) is 22.6 Å². The number of aryl methyl sites for hydroxylation is 1. The Balaban J connectivity index is 2.25. The van der Waals surface area contributed by atoms with Crippen molar-refractivity contribution in [1.82, 2.24) is 4.98 Å². The summed E-state index contributed by atoms with van der Waals surface area (Å²) in [4.78, 5) is 28.2. The highest BCUT2D eigenvalue weighted by Gasteiger charge is 2.19. The highest BCUT2D eigenvalue weighted by Crippen LogP contribution is 2.19. The third-order valence-electron chi connectivity index (χ3n) is 2.60. The van der Waals surface area contributed by atoms with E-state index in [9.17, 15) is 9.59 Å². The largest absolute Gasteiger partial charge is 0.476 e. The number of aromatic nitrogens is 1. The van der Waals surface area contributed by atoms with Crippen LogP contribution in [-0.2, 0) is 0 Å². The van der Waals surface area contributed by atoms with Gasteiger partial charge >= 0.3 is 5.97 Å². The molecule has 0 bridgehead atoms. The molecule has 0 spiro atoms. The van der Waals surface area contributed by atoms with Crippen molar-refractivity contribution in [2.75, 3.05) is 11.9 Å². The zero-order valence-electron chi connectivity index (χ0n) is 10.5. The number of carboxylic acids is 1. The lowest BCUT2D eigenvalue weighted by Crippen LogP contribution is -2.26. The molecule has 19 heavy (non-hydrogen) atoms. The predicted molar refractivity (Wildman–Crippen MR) is 73.0 cm³/mol. The van der Waals surface area contributed by atoms with Crippen LogP contribution in [0.25, 0.3) is 0 Å². The zero-order valence-corrected chi connectivity index (χ0v) is 11.3. The van der Waals surface area contributed by atoms with Gasteiger partial charge in [-0.2, -0.15) is 0 Å². The van der Waals surface area contributed by atoms with Crippen LogP contribution in [0.2, 0.25) is 0 Å². The highest BCUT2D eigenvalue weighted by molar-refractivity contribution is 7.12. The lowest BCUT2D eigenvalue weighted by Gasteiger charge is -2.16. The van der Waals surface area contributed by atoms with Gasteiger partial charge < -0.3 is 10.0 Å². The van der Waals surface area contributed by atoms with E-state index in [4.69, 9.17) is 5.11 Å². The fraction of sp³-hybridized carbons (Fsp3) is 0.154. The summed E-state index contributed by atoms with van der Waals surface area (Å²) in [6, 6.07) is 7.49. The molecule has 0 radical (unpaired) electrons. The molecule has 2 rings (SSSR count). The smallest absolute Gasteiger partial charge is 0.355 e. The molecule has 0 saturated carbocycles. The van der Waals surface area contributed by atoms with Crippen molar-refractivity contribution in [2.45, 2.75) is 6.92 Å². The van der Waals surface area contributed by atoms with Crippen LogP contribution in [0.4, 0.5) is 5.69 Å². The number of anilines is 1. The van der Waals surface area contributed by atoms with Gasteiger partial charge in [0.2, 0.25) is 0 Å². The molecular formula is C13H12N2O3S. The van der Waals surface area contributed by atoms with E-state index in [1.165, 1.54) is 10.3 Å². The van der Waals surface area contributed by atoms with Crippen LogP contribution in [0.1, 0.15) is 25.9 Å². The second-order valence-corrected chi connectivity index (χ2v) is 4.90.